The van der Waals surface area contributed by atoms with Gasteiger partial charge in [-0.25, -0.2) is 9.37 Å². The summed E-state index contributed by atoms with van der Waals surface area (Å²) in [5.41, 5.74) is 9.66. The Kier molecular flexibility index (Phi) is 9.02. The van der Waals surface area contributed by atoms with E-state index in [0.717, 1.165) is 118 Å². The monoisotopic (exact) mass is 663 g/mol. The number of carbonyl (C=O) groups excluding carboxylic acids is 1. The van der Waals surface area contributed by atoms with Crippen molar-refractivity contribution in [3.05, 3.63) is 85.4 Å². The van der Waals surface area contributed by atoms with Crippen LogP contribution in [0.25, 0.3) is 5.57 Å². The molecule has 49 heavy (non-hydrogen) atoms. The normalized spacial score (nSPS) is 17.1. The lowest BCUT2D eigenvalue weighted by Crippen LogP contribution is -2.45. The maximum atomic E-state index is 13.6. The molecule has 3 aromatic rings. The number of hydrogen-bond acceptors (Lipinski definition) is 6. The minimum Gasteiger partial charge on any atom is -0.478 e. The number of fused-ring (bicyclic) bond motifs is 4. The van der Waals surface area contributed by atoms with Gasteiger partial charge in [0.1, 0.15) is 24.6 Å². The van der Waals surface area contributed by atoms with Gasteiger partial charge in [-0.1, -0.05) is 13.0 Å². The van der Waals surface area contributed by atoms with Gasteiger partial charge in [0.25, 0.3) is 0 Å². The summed E-state index contributed by atoms with van der Waals surface area (Å²) in [5, 5.41) is 12.9. The third-order valence-corrected chi connectivity index (χ3v) is 10.9. The summed E-state index contributed by atoms with van der Waals surface area (Å²) >= 11 is 0. The molecule has 0 unspecified atom stereocenters. The number of aromatic carboxylic acids is 1. The second-order valence-corrected chi connectivity index (χ2v) is 14.2. The largest absolute Gasteiger partial charge is 0.478 e. The molecule has 8 heteroatoms. The number of ketones is 1. The average molecular weight is 664 g/mol. The summed E-state index contributed by atoms with van der Waals surface area (Å²) < 4.78 is 20.8. The Labute approximate surface area is 288 Å². The van der Waals surface area contributed by atoms with Crippen molar-refractivity contribution in [3.63, 3.8) is 0 Å². The summed E-state index contributed by atoms with van der Waals surface area (Å²) in [6.07, 6.45) is 10.1. The van der Waals surface area contributed by atoms with Crippen LogP contribution in [0, 0.1) is 0 Å². The molecule has 8 rings (SSSR count). The van der Waals surface area contributed by atoms with E-state index < -0.39 is 5.97 Å². The molecule has 256 valence electrons. The predicted octanol–water partition coefficient (Wildman–Crippen LogP) is 5.23. The van der Waals surface area contributed by atoms with E-state index in [1.165, 1.54) is 33.3 Å². The summed E-state index contributed by atoms with van der Waals surface area (Å²) in [4.78, 5) is 29.1. The fourth-order valence-electron chi connectivity index (χ4n) is 8.86. The fourth-order valence-corrected chi connectivity index (χ4v) is 8.86. The van der Waals surface area contributed by atoms with Crippen LogP contribution < -0.4 is 24.8 Å². The van der Waals surface area contributed by atoms with E-state index in [2.05, 4.69) is 28.5 Å². The Balaban J connectivity index is 1.28. The molecule has 0 saturated carbocycles. The van der Waals surface area contributed by atoms with Crippen molar-refractivity contribution in [2.75, 3.05) is 57.5 Å². The van der Waals surface area contributed by atoms with E-state index >= 15 is 0 Å². The molecule has 0 fully saturated rings. The van der Waals surface area contributed by atoms with E-state index in [9.17, 15) is 14.7 Å². The minimum absolute atomic E-state index is 0.00974. The smallest absolute Gasteiger partial charge is 0.336 e. The molecular weight excluding hydrogens is 616 g/mol. The number of ether oxygens (including phenoxy) is 3. The van der Waals surface area contributed by atoms with Gasteiger partial charge in [-0.3, -0.25) is 4.79 Å². The van der Waals surface area contributed by atoms with Gasteiger partial charge in [-0.05, 0) is 86.8 Å². The number of hydrogen-bond donors (Lipinski definition) is 1. The Bertz CT molecular complexity index is 1960. The zero-order valence-electron chi connectivity index (χ0n) is 28.7. The van der Waals surface area contributed by atoms with E-state index in [1.54, 1.807) is 12.1 Å². The van der Waals surface area contributed by atoms with Gasteiger partial charge in [-0.15, -0.1) is 0 Å². The number of carboxylic acids is 1. The van der Waals surface area contributed by atoms with Gasteiger partial charge in [0.15, 0.2) is 5.78 Å². The lowest BCUT2D eigenvalue weighted by Gasteiger charge is -2.39. The van der Waals surface area contributed by atoms with Gasteiger partial charge in [-0.2, -0.15) is 0 Å². The number of benzene rings is 3. The van der Waals surface area contributed by atoms with E-state index in [-0.39, 0.29) is 11.3 Å². The highest BCUT2D eigenvalue weighted by molar-refractivity contribution is 6.03. The van der Waals surface area contributed by atoms with Crippen LogP contribution in [0.15, 0.2) is 30.3 Å². The third-order valence-electron chi connectivity index (χ3n) is 10.9. The summed E-state index contributed by atoms with van der Waals surface area (Å²) in [6, 6.07) is 9.71. The Morgan fingerprint density at radius 2 is 1.59 bits per heavy atom. The Morgan fingerprint density at radius 1 is 0.837 bits per heavy atom. The first-order valence-electron chi connectivity index (χ1n) is 18.5. The second kappa shape index (κ2) is 13.7. The van der Waals surface area contributed by atoms with E-state index in [4.69, 9.17) is 14.2 Å². The van der Waals surface area contributed by atoms with Crippen molar-refractivity contribution in [1.82, 2.24) is 4.58 Å². The highest BCUT2D eigenvalue weighted by Gasteiger charge is 2.36. The molecule has 8 nitrogen and oxygen atoms in total. The van der Waals surface area contributed by atoms with Gasteiger partial charge in [0.05, 0.1) is 24.3 Å². The van der Waals surface area contributed by atoms with Gasteiger partial charge in [0, 0.05) is 84.3 Å². The number of carboxylic acid groups (broad SMARTS) is 1. The predicted molar refractivity (Wildman–Crippen MR) is 189 cm³/mol. The maximum Gasteiger partial charge on any atom is 0.336 e. The molecule has 0 aliphatic carbocycles. The molecule has 5 aliphatic rings. The van der Waals surface area contributed by atoms with Crippen LogP contribution >= 0.6 is 0 Å². The summed E-state index contributed by atoms with van der Waals surface area (Å²) in [5.74, 6) is 0.755. The molecule has 0 amide bonds. The van der Waals surface area contributed by atoms with Gasteiger partial charge in [0.2, 0.25) is 5.36 Å². The molecule has 0 bridgehead atoms. The number of rotatable bonds is 12. The van der Waals surface area contributed by atoms with Crippen LogP contribution in [0.4, 0.5) is 5.69 Å². The lowest BCUT2D eigenvalue weighted by atomic mass is 9.81. The standard InChI is InChI=1S/C41H46N2O6/c1-2-19-47-21-22-48-20-7-12-35(44)26-13-14-29(41(45)46)32(23-26)36-33-24-27-8-3-15-42-17-5-10-30(37(27)42)39(33)49-40-31-11-6-18-43-16-4-9-28(38(31)43)25-34(36)40/h13-14,23-25H,2-12,15-22H2,1H3/p+1. The van der Waals surface area contributed by atoms with Gasteiger partial charge < -0.3 is 24.2 Å². The zero-order valence-corrected chi connectivity index (χ0v) is 28.7. The minimum atomic E-state index is -0.995. The molecule has 3 aromatic carbocycles. The number of nitrogens with zero attached hydrogens (tertiary/aromatic N) is 2. The van der Waals surface area contributed by atoms with E-state index in [0.29, 0.717) is 43.8 Å². The fraction of sp³-hybridized carbons (Fsp3) is 0.488. The van der Waals surface area contributed by atoms with Crippen molar-refractivity contribution in [2.24, 2.45) is 0 Å². The summed E-state index contributed by atoms with van der Waals surface area (Å²) in [7, 11) is 0. The first-order chi connectivity index (χ1) is 24.0. The molecule has 0 atom stereocenters. The quantitative estimate of drug-likeness (QED) is 0.126. The Morgan fingerprint density at radius 3 is 2.41 bits per heavy atom. The number of Topliss-reactive ketones (excluding diaryl/α,β-unsaturated/α-hetero) is 1. The number of aryl methyl sites for hydroxylation is 2. The third kappa shape index (κ3) is 5.87. The second-order valence-electron chi connectivity index (χ2n) is 14.2. The van der Waals surface area contributed by atoms with Crippen molar-refractivity contribution in [2.45, 2.75) is 77.6 Å². The average Bonchev–Trinajstić information content (AvgIpc) is 3.12. The molecule has 0 saturated heterocycles. The first kappa shape index (κ1) is 32.2. The van der Waals surface area contributed by atoms with E-state index in [1.807, 2.05) is 6.07 Å². The van der Waals surface area contributed by atoms with Crippen molar-refractivity contribution >= 4 is 23.0 Å². The topological polar surface area (TPSA) is 88.3 Å². The molecular formula is C41H47N2O6+. The highest BCUT2D eigenvalue weighted by Crippen LogP contribution is 2.48. The number of anilines is 1. The molecule has 5 aliphatic heterocycles. The van der Waals surface area contributed by atoms with Crippen LogP contribution in [0.3, 0.4) is 0 Å². The van der Waals surface area contributed by atoms with Crippen LogP contribution in [0.2, 0.25) is 0 Å². The highest BCUT2D eigenvalue weighted by atomic mass is 16.5. The molecule has 0 aromatic heterocycles. The first-order valence-corrected chi connectivity index (χ1v) is 18.5. The lowest BCUT2D eigenvalue weighted by molar-refractivity contribution is 0.0463. The molecule has 0 radical (unpaired) electrons. The summed E-state index contributed by atoms with van der Waals surface area (Å²) in [6.45, 7) is 8.58. The number of carbonyl (C=O) groups is 2. The SMILES string of the molecule is CCCOCCOCCCC(=O)c1ccc(C(=O)O)c(C2=c3cc4c5c(c3Oc3c2cc2c6c3CCCN6CCC2)CCC[N+]=5CCC4)c1. The Hall–Kier alpha value is -4.01. The molecule has 0 spiro atoms. The van der Waals surface area contributed by atoms with Crippen LogP contribution in [0.1, 0.15) is 106 Å². The maximum absolute atomic E-state index is 13.6. The van der Waals surface area contributed by atoms with Gasteiger partial charge >= 0.3 is 5.97 Å². The molecule has 5 heterocycles. The zero-order chi connectivity index (χ0) is 33.5. The van der Waals surface area contributed by atoms with Crippen molar-refractivity contribution in [3.8, 4) is 11.5 Å². The van der Waals surface area contributed by atoms with Crippen LogP contribution in [0.5, 0.6) is 11.5 Å². The molecule has 1 N–H and O–H groups in total. The van der Waals surface area contributed by atoms with Crippen LogP contribution in [-0.4, -0.2) is 69.5 Å². The van der Waals surface area contributed by atoms with Crippen molar-refractivity contribution < 1.29 is 28.9 Å². The van der Waals surface area contributed by atoms with Crippen molar-refractivity contribution in [1.29, 1.82) is 0 Å². The van der Waals surface area contributed by atoms with Crippen LogP contribution in [-0.2, 0) is 35.2 Å².